The number of halogens is 1. The maximum Gasteiger partial charge on any atom is 0.162 e. The zero-order chi connectivity index (χ0) is 7.28. The molecular formula is C6H10ClNS. The highest BCUT2D eigenvalue weighted by atomic mass is 35.5. The molecule has 0 spiro atoms. The summed E-state index contributed by atoms with van der Waals surface area (Å²) in [5, 5.41) is 0. The molecule has 0 fully saturated rings. The summed E-state index contributed by atoms with van der Waals surface area (Å²) in [6.45, 7) is 7.44. The predicted octanol–water partition coefficient (Wildman–Crippen LogP) is 2.87. The van der Waals surface area contributed by atoms with Crippen LogP contribution in [0.2, 0.25) is 0 Å². The zero-order valence-corrected chi connectivity index (χ0v) is 7.22. The number of rotatable bonds is 2. The molecule has 0 unspecified atom stereocenters. The van der Waals surface area contributed by atoms with E-state index < -0.39 is 0 Å². The number of nitrogens with zero attached hydrogens (tertiary/aromatic N) is 1. The van der Waals surface area contributed by atoms with Crippen LogP contribution in [0.5, 0.6) is 0 Å². The number of aliphatic imine (C=N–C) groups is 1. The van der Waals surface area contributed by atoms with E-state index in [1.54, 1.807) is 0 Å². The van der Waals surface area contributed by atoms with Crippen molar-refractivity contribution < 1.29 is 0 Å². The Bertz CT molecular complexity index is 131. The molecule has 0 aromatic rings. The van der Waals surface area contributed by atoms with Crippen molar-refractivity contribution in [1.29, 1.82) is 0 Å². The average molecular weight is 164 g/mol. The van der Waals surface area contributed by atoms with E-state index in [0.29, 0.717) is 4.50 Å². The van der Waals surface area contributed by atoms with Crippen molar-refractivity contribution in [1.82, 2.24) is 0 Å². The van der Waals surface area contributed by atoms with Gasteiger partial charge >= 0.3 is 0 Å². The van der Waals surface area contributed by atoms with Crippen molar-refractivity contribution in [3.63, 3.8) is 0 Å². The van der Waals surface area contributed by atoms with Crippen molar-refractivity contribution >= 4 is 27.9 Å². The minimum absolute atomic E-state index is 0.574. The lowest BCUT2D eigenvalue weighted by atomic mass is 10.6. The van der Waals surface area contributed by atoms with E-state index in [2.05, 4.69) is 11.6 Å². The second-order valence-electron chi connectivity index (χ2n) is 1.53. The molecule has 0 heterocycles. The fourth-order valence-electron chi connectivity index (χ4n) is 0.301. The van der Waals surface area contributed by atoms with E-state index in [9.17, 15) is 0 Å². The van der Waals surface area contributed by atoms with Crippen LogP contribution in [-0.4, -0.2) is 10.3 Å². The molecule has 0 aliphatic heterocycles. The maximum absolute atomic E-state index is 5.63. The molecule has 9 heavy (non-hydrogen) atoms. The van der Waals surface area contributed by atoms with Gasteiger partial charge in [-0.25, -0.2) is 4.99 Å². The minimum atomic E-state index is 0.574. The Balaban J connectivity index is 3.69. The molecule has 52 valence electrons. The molecule has 0 aromatic carbocycles. The fourth-order valence-corrected chi connectivity index (χ4v) is 1.23. The molecule has 0 atom stereocenters. The first-order chi connectivity index (χ1) is 4.16. The van der Waals surface area contributed by atoms with Gasteiger partial charge in [0.15, 0.2) is 4.50 Å². The highest BCUT2D eigenvalue weighted by Crippen LogP contribution is 2.09. The highest BCUT2D eigenvalue weighted by molar-refractivity contribution is 8.16. The van der Waals surface area contributed by atoms with Gasteiger partial charge in [-0.15, -0.1) is 0 Å². The van der Waals surface area contributed by atoms with Gasteiger partial charge in [-0.05, 0) is 12.7 Å². The standard InChI is InChI=1S/C6H10ClNS/c1-4-9-6(7)8-5(2)3/h2,4H2,1,3H3. The molecular weight excluding hydrogens is 154 g/mol. The minimum Gasteiger partial charge on any atom is -0.235 e. The predicted molar refractivity (Wildman–Crippen MR) is 46.2 cm³/mol. The quantitative estimate of drug-likeness (QED) is 0.451. The number of hydrogen-bond acceptors (Lipinski definition) is 2. The Morgan fingerprint density at radius 1 is 1.78 bits per heavy atom. The third-order valence-electron chi connectivity index (χ3n) is 0.542. The molecule has 0 aliphatic carbocycles. The van der Waals surface area contributed by atoms with E-state index >= 15 is 0 Å². The Kier molecular flexibility index (Phi) is 4.91. The lowest BCUT2D eigenvalue weighted by molar-refractivity contribution is 1.34. The van der Waals surface area contributed by atoms with E-state index in [1.807, 2.05) is 13.8 Å². The highest BCUT2D eigenvalue weighted by Gasteiger charge is 1.89. The monoisotopic (exact) mass is 163 g/mol. The molecule has 3 heteroatoms. The van der Waals surface area contributed by atoms with Crippen LogP contribution in [0.3, 0.4) is 0 Å². The van der Waals surface area contributed by atoms with Crippen molar-refractivity contribution in [2.45, 2.75) is 13.8 Å². The average Bonchev–Trinajstić information content (AvgIpc) is 1.63. The second-order valence-corrected chi connectivity index (χ2v) is 3.37. The number of hydrogen-bond donors (Lipinski definition) is 0. The first-order valence-corrected chi connectivity index (χ1v) is 4.05. The van der Waals surface area contributed by atoms with E-state index in [4.69, 9.17) is 11.6 Å². The van der Waals surface area contributed by atoms with Crippen LogP contribution in [0, 0.1) is 0 Å². The van der Waals surface area contributed by atoms with Crippen LogP contribution >= 0.6 is 23.4 Å². The normalized spacial score (nSPS) is 11.7. The lowest BCUT2D eigenvalue weighted by Crippen LogP contribution is -1.79. The van der Waals surface area contributed by atoms with E-state index in [0.717, 1.165) is 11.4 Å². The van der Waals surface area contributed by atoms with Crippen molar-refractivity contribution in [2.75, 3.05) is 5.75 Å². The first-order valence-electron chi connectivity index (χ1n) is 2.69. The van der Waals surface area contributed by atoms with Gasteiger partial charge in [0.25, 0.3) is 0 Å². The summed E-state index contributed by atoms with van der Waals surface area (Å²) in [4.78, 5) is 3.92. The first kappa shape index (κ1) is 9.05. The summed E-state index contributed by atoms with van der Waals surface area (Å²) < 4.78 is 0.574. The smallest absolute Gasteiger partial charge is 0.162 e. The van der Waals surface area contributed by atoms with Gasteiger partial charge < -0.3 is 0 Å². The van der Waals surface area contributed by atoms with Crippen LogP contribution in [0.15, 0.2) is 17.3 Å². The molecule has 0 N–H and O–H groups in total. The zero-order valence-electron chi connectivity index (χ0n) is 5.65. The van der Waals surface area contributed by atoms with Crippen molar-refractivity contribution in [2.24, 2.45) is 4.99 Å². The third kappa shape index (κ3) is 5.93. The van der Waals surface area contributed by atoms with Crippen molar-refractivity contribution in [3.05, 3.63) is 12.3 Å². The van der Waals surface area contributed by atoms with Crippen LogP contribution in [0.4, 0.5) is 0 Å². The summed E-state index contributed by atoms with van der Waals surface area (Å²) in [5.41, 5.74) is 0.751. The van der Waals surface area contributed by atoms with Crippen LogP contribution < -0.4 is 0 Å². The lowest BCUT2D eigenvalue weighted by Gasteiger charge is -1.91. The Morgan fingerprint density at radius 2 is 2.33 bits per heavy atom. The summed E-state index contributed by atoms with van der Waals surface area (Å²) in [5.74, 6) is 0.954. The summed E-state index contributed by atoms with van der Waals surface area (Å²) in [6.07, 6.45) is 0. The fraction of sp³-hybridized carbons (Fsp3) is 0.500. The number of thioether (sulfide) groups is 1. The topological polar surface area (TPSA) is 12.4 Å². The van der Waals surface area contributed by atoms with E-state index in [-0.39, 0.29) is 0 Å². The Morgan fingerprint density at radius 3 is 2.67 bits per heavy atom. The second kappa shape index (κ2) is 4.89. The summed E-state index contributed by atoms with van der Waals surface area (Å²) >= 11 is 7.14. The third-order valence-corrected chi connectivity index (χ3v) is 1.57. The van der Waals surface area contributed by atoms with E-state index in [1.165, 1.54) is 11.8 Å². The van der Waals surface area contributed by atoms with Gasteiger partial charge in [0.05, 0.1) is 0 Å². The van der Waals surface area contributed by atoms with Crippen LogP contribution in [0.1, 0.15) is 13.8 Å². The molecule has 0 radical (unpaired) electrons. The van der Waals surface area contributed by atoms with Gasteiger partial charge in [-0.1, -0.05) is 36.9 Å². The Hall–Kier alpha value is 0.0500. The van der Waals surface area contributed by atoms with Crippen LogP contribution in [0.25, 0.3) is 0 Å². The largest absolute Gasteiger partial charge is 0.235 e. The SMILES string of the molecule is C=C(C)N=C(Cl)SCC. The van der Waals surface area contributed by atoms with Gasteiger partial charge in [0.1, 0.15) is 0 Å². The number of allylic oxidation sites excluding steroid dienone is 1. The molecule has 0 saturated carbocycles. The van der Waals surface area contributed by atoms with Gasteiger partial charge in [-0.3, -0.25) is 0 Å². The maximum atomic E-state index is 5.63. The van der Waals surface area contributed by atoms with Gasteiger partial charge in [0, 0.05) is 5.70 Å². The molecule has 0 aromatic heterocycles. The van der Waals surface area contributed by atoms with Gasteiger partial charge in [0.2, 0.25) is 0 Å². The summed E-state index contributed by atoms with van der Waals surface area (Å²) in [7, 11) is 0. The van der Waals surface area contributed by atoms with Crippen LogP contribution in [-0.2, 0) is 0 Å². The van der Waals surface area contributed by atoms with Crippen molar-refractivity contribution in [3.8, 4) is 0 Å². The molecule has 0 aliphatic rings. The molecule has 0 rings (SSSR count). The Labute approximate surface area is 65.2 Å². The molecule has 0 saturated heterocycles. The molecule has 0 amide bonds. The summed E-state index contributed by atoms with van der Waals surface area (Å²) in [6, 6.07) is 0. The molecule has 0 bridgehead atoms. The molecule has 1 nitrogen and oxygen atoms in total. The van der Waals surface area contributed by atoms with Gasteiger partial charge in [-0.2, -0.15) is 0 Å².